The number of carbonyl (C=O) groups is 2. The molecule has 2 amide bonds. The van der Waals surface area contributed by atoms with E-state index in [0.29, 0.717) is 12.3 Å². The molecule has 1 aliphatic heterocycles. The number of amides is 2. The standard InChI is InChI=1S/C12H17N3O3S/c1-2-3-6-15-10(16)8-19-12(15)14-13-11(17)9-5-4-7-18-9/h4-5,7,12,14H,2-3,6,8H2,1H3,(H,13,17). The second kappa shape index (κ2) is 6.63. The quantitative estimate of drug-likeness (QED) is 0.767. The van der Waals surface area contributed by atoms with E-state index in [2.05, 4.69) is 17.8 Å². The van der Waals surface area contributed by atoms with Crippen LogP contribution in [-0.4, -0.2) is 34.5 Å². The number of furan rings is 1. The van der Waals surface area contributed by atoms with Crippen LogP contribution in [0.15, 0.2) is 22.8 Å². The van der Waals surface area contributed by atoms with E-state index in [1.807, 2.05) is 0 Å². The van der Waals surface area contributed by atoms with Crippen LogP contribution < -0.4 is 10.9 Å². The number of carbonyl (C=O) groups excluding carboxylic acids is 2. The Hall–Kier alpha value is -1.47. The lowest BCUT2D eigenvalue weighted by atomic mass is 10.3. The lowest BCUT2D eigenvalue weighted by molar-refractivity contribution is -0.128. The number of rotatable bonds is 6. The Kier molecular flexibility index (Phi) is 4.86. The second-order valence-electron chi connectivity index (χ2n) is 4.18. The first-order valence-electron chi connectivity index (χ1n) is 6.23. The van der Waals surface area contributed by atoms with Crippen molar-refractivity contribution in [1.29, 1.82) is 0 Å². The van der Waals surface area contributed by atoms with Gasteiger partial charge in [0.05, 0.1) is 12.0 Å². The van der Waals surface area contributed by atoms with Gasteiger partial charge in [0.1, 0.15) is 5.50 Å². The Morgan fingerprint density at radius 2 is 2.47 bits per heavy atom. The molecule has 2 N–H and O–H groups in total. The molecule has 0 spiro atoms. The predicted molar refractivity (Wildman–Crippen MR) is 72.2 cm³/mol. The zero-order valence-corrected chi connectivity index (χ0v) is 11.5. The molecule has 0 aliphatic carbocycles. The van der Waals surface area contributed by atoms with E-state index in [0.717, 1.165) is 12.8 Å². The largest absolute Gasteiger partial charge is 0.459 e. The lowest BCUT2D eigenvalue weighted by Gasteiger charge is -2.24. The maximum atomic E-state index is 11.7. The highest BCUT2D eigenvalue weighted by Gasteiger charge is 2.31. The molecule has 1 aromatic rings. The van der Waals surface area contributed by atoms with Crippen LogP contribution in [-0.2, 0) is 4.79 Å². The van der Waals surface area contributed by atoms with Gasteiger partial charge in [-0.2, -0.15) is 0 Å². The molecule has 1 atom stereocenters. The van der Waals surface area contributed by atoms with Crippen LogP contribution in [0.3, 0.4) is 0 Å². The SMILES string of the molecule is CCCCN1C(=O)CSC1NNC(=O)c1ccco1. The summed E-state index contributed by atoms with van der Waals surface area (Å²) in [5.74, 6) is 0.434. The normalized spacial score (nSPS) is 18.9. The molecule has 6 nitrogen and oxygen atoms in total. The number of hydrogen-bond donors (Lipinski definition) is 2. The van der Waals surface area contributed by atoms with Crippen LogP contribution in [0, 0.1) is 0 Å². The molecule has 7 heteroatoms. The smallest absolute Gasteiger partial charge is 0.301 e. The summed E-state index contributed by atoms with van der Waals surface area (Å²) in [6, 6.07) is 3.23. The average Bonchev–Trinajstić information content (AvgIpc) is 3.04. The third-order valence-corrected chi connectivity index (χ3v) is 3.88. The fourth-order valence-corrected chi connectivity index (χ4v) is 2.75. The Labute approximate surface area is 115 Å². The van der Waals surface area contributed by atoms with Crippen LogP contribution in [0.5, 0.6) is 0 Å². The van der Waals surface area contributed by atoms with Gasteiger partial charge in [-0.05, 0) is 18.6 Å². The number of hydrazine groups is 1. The average molecular weight is 283 g/mol. The van der Waals surface area contributed by atoms with E-state index in [1.54, 1.807) is 17.0 Å². The lowest BCUT2D eigenvalue weighted by Crippen LogP contribution is -2.50. The Bertz CT molecular complexity index is 435. The molecule has 2 heterocycles. The van der Waals surface area contributed by atoms with E-state index < -0.39 is 0 Å². The first kappa shape index (κ1) is 14.0. The van der Waals surface area contributed by atoms with Crippen molar-refractivity contribution in [3.63, 3.8) is 0 Å². The van der Waals surface area contributed by atoms with Crippen LogP contribution in [0.1, 0.15) is 30.3 Å². The highest BCUT2D eigenvalue weighted by atomic mass is 32.2. The van der Waals surface area contributed by atoms with Gasteiger partial charge in [0, 0.05) is 6.54 Å². The Balaban J connectivity index is 1.84. The van der Waals surface area contributed by atoms with Gasteiger partial charge in [-0.1, -0.05) is 13.3 Å². The zero-order valence-electron chi connectivity index (χ0n) is 10.7. The second-order valence-corrected chi connectivity index (χ2v) is 5.25. The van der Waals surface area contributed by atoms with Gasteiger partial charge < -0.3 is 9.32 Å². The van der Waals surface area contributed by atoms with Crippen molar-refractivity contribution < 1.29 is 14.0 Å². The molecule has 1 aliphatic rings. The molecular weight excluding hydrogens is 266 g/mol. The summed E-state index contributed by atoms with van der Waals surface area (Å²) < 4.78 is 4.98. The van der Waals surface area contributed by atoms with Crippen molar-refractivity contribution in [2.45, 2.75) is 25.3 Å². The highest BCUT2D eigenvalue weighted by molar-refractivity contribution is 8.00. The van der Waals surface area contributed by atoms with Crippen molar-refractivity contribution in [2.75, 3.05) is 12.3 Å². The van der Waals surface area contributed by atoms with Crippen LogP contribution >= 0.6 is 11.8 Å². The third-order valence-electron chi connectivity index (χ3n) is 2.77. The number of thioether (sulfide) groups is 1. The number of nitrogens with zero attached hydrogens (tertiary/aromatic N) is 1. The molecule has 0 bridgehead atoms. The van der Waals surface area contributed by atoms with Crippen molar-refractivity contribution in [3.05, 3.63) is 24.2 Å². The van der Waals surface area contributed by atoms with Crippen molar-refractivity contribution in [1.82, 2.24) is 15.8 Å². The molecule has 104 valence electrons. The Morgan fingerprint density at radius 1 is 1.63 bits per heavy atom. The third kappa shape index (κ3) is 3.51. The summed E-state index contributed by atoms with van der Waals surface area (Å²) in [6.07, 6.45) is 3.42. The van der Waals surface area contributed by atoms with Gasteiger partial charge in [-0.15, -0.1) is 11.8 Å². The maximum absolute atomic E-state index is 11.7. The summed E-state index contributed by atoms with van der Waals surface area (Å²) in [5, 5.41) is 0. The predicted octanol–water partition coefficient (Wildman–Crippen LogP) is 1.17. The van der Waals surface area contributed by atoms with E-state index in [1.165, 1.54) is 18.0 Å². The van der Waals surface area contributed by atoms with Gasteiger partial charge in [-0.25, -0.2) is 5.43 Å². The molecule has 1 fully saturated rings. The first-order valence-corrected chi connectivity index (χ1v) is 7.27. The number of nitrogens with one attached hydrogen (secondary N) is 2. The summed E-state index contributed by atoms with van der Waals surface area (Å²) in [7, 11) is 0. The van der Waals surface area contributed by atoms with Gasteiger partial charge in [0.2, 0.25) is 5.91 Å². The van der Waals surface area contributed by atoms with Crippen molar-refractivity contribution in [2.24, 2.45) is 0 Å². The van der Waals surface area contributed by atoms with E-state index >= 15 is 0 Å². The molecule has 1 saturated heterocycles. The fourth-order valence-electron chi connectivity index (χ4n) is 1.74. The van der Waals surface area contributed by atoms with Crippen LogP contribution in [0.4, 0.5) is 0 Å². The van der Waals surface area contributed by atoms with E-state index in [9.17, 15) is 9.59 Å². The van der Waals surface area contributed by atoms with Crippen LogP contribution in [0.25, 0.3) is 0 Å². The van der Waals surface area contributed by atoms with E-state index in [4.69, 9.17) is 4.42 Å². The molecule has 1 aromatic heterocycles. The highest BCUT2D eigenvalue weighted by Crippen LogP contribution is 2.22. The molecule has 0 radical (unpaired) electrons. The summed E-state index contributed by atoms with van der Waals surface area (Å²) >= 11 is 1.47. The summed E-state index contributed by atoms with van der Waals surface area (Å²) in [4.78, 5) is 25.1. The van der Waals surface area contributed by atoms with Gasteiger partial charge in [-0.3, -0.25) is 15.0 Å². The van der Waals surface area contributed by atoms with Gasteiger partial charge >= 0.3 is 5.91 Å². The number of unbranched alkanes of at least 4 members (excludes halogenated alkanes) is 1. The molecule has 0 aromatic carbocycles. The topological polar surface area (TPSA) is 74.6 Å². The minimum absolute atomic E-state index is 0.100. The van der Waals surface area contributed by atoms with Gasteiger partial charge in [0.25, 0.3) is 0 Å². The molecule has 2 rings (SSSR count). The minimum Gasteiger partial charge on any atom is -0.459 e. The Morgan fingerprint density at radius 3 is 3.16 bits per heavy atom. The number of hydrogen-bond acceptors (Lipinski definition) is 5. The molecule has 19 heavy (non-hydrogen) atoms. The zero-order chi connectivity index (χ0) is 13.7. The van der Waals surface area contributed by atoms with Gasteiger partial charge in [0.15, 0.2) is 5.76 Å². The van der Waals surface area contributed by atoms with Crippen LogP contribution in [0.2, 0.25) is 0 Å². The molecule has 0 saturated carbocycles. The minimum atomic E-state index is -0.347. The fraction of sp³-hybridized carbons (Fsp3) is 0.500. The monoisotopic (exact) mass is 283 g/mol. The van der Waals surface area contributed by atoms with Crippen molar-refractivity contribution >= 4 is 23.6 Å². The van der Waals surface area contributed by atoms with Crippen molar-refractivity contribution in [3.8, 4) is 0 Å². The summed E-state index contributed by atoms with van der Waals surface area (Å²) in [6.45, 7) is 2.78. The van der Waals surface area contributed by atoms with E-state index in [-0.39, 0.29) is 23.1 Å². The molecular formula is C12H17N3O3S. The molecule has 1 unspecified atom stereocenters. The summed E-state index contributed by atoms with van der Waals surface area (Å²) in [5.41, 5.74) is 5.21. The maximum Gasteiger partial charge on any atom is 0.301 e. The first-order chi connectivity index (χ1) is 9.22.